The van der Waals surface area contributed by atoms with Gasteiger partial charge in [-0.15, -0.1) is 0 Å². The largest absolute Gasteiger partial charge is 0.309 e. The topological polar surface area (TPSA) is 55.2 Å². The van der Waals surface area contributed by atoms with Gasteiger partial charge in [0.05, 0.1) is 18.3 Å². The van der Waals surface area contributed by atoms with Crippen LogP contribution in [0.1, 0.15) is 18.9 Å². The van der Waals surface area contributed by atoms with Gasteiger partial charge in [-0.25, -0.2) is 0 Å². The molecule has 1 unspecified atom stereocenters. The average Bonchev–Trinajstić information content (AvgIpc) is 2.97. The van der Waals surface area contributed by atoms with Crippen LogP contribution in [0.4, 0.5) is 5.69 Å². The summed E-state index contributed by atoms with van der Waals surface area (Å²) in [6.45, 7) is 2.52. The maximum atomic E-state index is 12.8. The van der Waals surface area contributed by atoms with Gasteiger partial charge >= 0.3 is 0 Å². The summed E-state index contributed by atoms with van der Waals surface area (Å²) in [5.41, 5.74) is 2.89. The van der Waals surface area contributed by atoms with Crippen LogP contribution in [-0.4, -0.2) is 21.7 Å². The molecule has 3 aromatic rings. The molecule has 25 heavy (non-hydrogen) atoms. The van der Waals surface area contributed by atoms with Crippen molar-refractivity contribution in [2.75, 3.05) is 4.90 Å². The standard InChI is InChI=1S/C20H19N3O2/c1-14-12-15-6-2-4-8-17(15)23(14)20(25)10-11-22-18-9-5-3-7-16(18)19(24)13-21-22/h2-9,13-14H,10-12H2,1H3. The van der Waals surface area contributed by atoms with Crippen LogP contribution < -0.4 is 10.3 Å². The first-order valence-corrected chi connectivity index (χ1v) is 8.50. The molecular formula is C20H19N3O2. The number of benzene rings is 2. The summed E-state index contributed by atoms with van der Waals surface area (Å²) < 4.78 is 1.74. The molecule has 2 heterocycles. The number of aromatic nitrogens is 2. The van der Waals surface area contributed by atoms with Crippen molar-refractivity contribution in [3.05, 3.63) is 70.5 Å². The number of fused-ring (bicyclic) bond motifs is 2. The molecule has 126 valence electrons. The van der Waals surface area contributed by atoms with Gasteiger partial charge in [0.1, 0.15) is 0 Å². The third-order valence-corrected chi connectivity index (χ3v) is 4.78. The summed E-state index contributed by atoms with van der Waals surface area (Å²) in [7, 11) is 0. The summed E-state index contributed by atoms with van der Waals surface area (Å²) in [5.74, 6) is 0.0852. The minimum absolute atomic E-state index is 0.0852. The molecule has 0 saturated heterocycles. The van der Waals surface area contributed by atoms with Crippen molar-refractivity contribution in [1.29, 1.82) is 0 Å². The number of carbonyl (C=O) groups excluding carboxylic acids is 1. The second kappa shape index (κ2) is 6.16. The number of aryl methyl sites for hydroxylation is 1. The van der Waals surface area contributed by atoms with Crippen LogP contribution in [0, 0.1) is 0 Å². The van der Waals surface area contributed by atoms with Gasteiger partial charge in [0.25, 0.3) is 0 Å². The molecule has 4 rings (SSSR count). The van der Waals surface area contributed by atoms with Crippen molar-refractivity contribution in [1.82, 2.24) is 9.78 Å². The Hall–Kier alpha value is -2.95. The second-order valence-electron chi connectivity index (χ2n) is 6.44. The van der Waals surface area contributed by atoms with E-state index in [1.807, 2.05) is 41.3 Å². The second-order valence-corrected chi connectivity index (χ2v) is 6.44. The summed E-state index contributed by atoms with van der Waals surface area (Å²) in [4.78, 5) is 26.6. The van der Waals surface area contributed by atoms with E-state index in [0.717, 1.165) is 17.6 Å². The van der Waals surface area contributed by atoms with Crippen LogP contribution in [0.3, 0.4) is 0 Å². The average molecular weight is 333 g/mol. The van der Waals surface area contributed by atoms with E-state index in [1.54, 1.807) is 10.7 Å². The number of carbonyl (C=O) groups is 1. The number of amides is 1. The van der Waals surface area contributed by atoms with Gasteiger partial charge in [-0.05, 0) is 37.1 Å². The number of hydrogen-bond donors (Lipinski definition) is 0. The number of hydrogen-bond acceptors (Lipinski definition) is 3. The molecule has 0 bridgehead atoms. The zero-order valence-corrected chi connectivity index (χ0v) is 14.1. The van der Waals surface area contributed by atoms with E-state index in [1.165, 1.54) is 11.8 Å². The van der Waals surface area contributed by atoms with Crippen molar-refractivity contribution >= 4 is 22.5 Å². The molecule has 0 N–H and O–H groups in total. The Morgan fingerprint density at radius 3 is 2.80 bits per heavy atom. The normalized spacial score (nSPS) is 16.2. The number of para-hydroxylation sites is 2. The quantitative estimate of drug-likeness (QED) is 0.740. The van der Waals surface area contributed by atoms with Crippen molar-refractivity contribution in [2.45, 2.75) is 32.4 Å². The van der Waals surface area contributed by atoms with E-state index in [0.29, 0.717) is 18.4 Å². The lowest BCUT2D eigenvalue weighted by Gasteiger charge is -2.23. The molecule has 5 heteroatoms. The molecule has 1 aliphatic heterocycles. The lowest BCUT2D eigenvalue weighted by atomic mass is 10.1. The van der Waals surface area contributed by atoms with Crippen molar-refractivity contribution in [3.8, 4) is 0 Å². The highest BCUT2D eigenvalue weighted by Gasteiger charge is 2.30. The van der Waals surface area contributed by atoms with Gasteiger partial charge in [0, 0.05) is 23.5 Å². The molecule has 0 radical (unpaired) electrons. The first kappa shape index (κ1) is 15.6. The van der Waals surface area contributed by atoms with Gasteiger partial charge in [-0.2, -0.15) is 5.10 Å². The lowest BCUT2D eigenvalue weighted by Crippen LogP contribution is -2.36. The Bertz CT molecular complexity index is 1010. The fourth-order valence-electron chi connectivity index (χ4n) is 3.61. The Labute approximate surface area is 145 Å². The fraction of sp³-hybridized carbons (Fsp3) is 0.250. The smallest absolute Gasteiger partial charge is 0.229 e. The molecule has 0 spiro atoms. The van der Waals surface area contributed by atoms with Crippen LogP contribution in [0.2, 0.25) is 0 Å². The van der Waals surface area contributed by atoms with Crippen LogP contribution in [-0.2, 0) is 17.8 Å². The highest BCUT2D eigenvalue weighted by Crippen LogP contribution is 2.32. The molecule has 5 nitrogen and oxygen atoms in total. The van der Waals surface area contributed by atoms with E-state index < -0.39 is 0 Å². The molecule has 1 aromatic heterocycles. The Morgan fingerprint density at radius 1 is 1.16 bits per heavy atom. The molecule has 1 aliphatic rings. The lowest BCUT2D eigenvalue weighted by molar-refractivity contribution is -0.119. The molecule has 1 atom stereocenters. The van der Waals surface area contributed by atoms with Crippen LogP contribution in [0.25, 0.3) is 10.9 Å². The third-order valence-electron chi connectivity index (χ3n) is 4.78. The van der Waals surface area contributed by atoms with E-state index in [-0.39, 0.29) is 17.4 Å². The first-order chi connectivity index (χ1) is 12.1. The van der Waals surface area contributed by atoms with Gasteiger partial charge < -0.3 is 4.90 Å². The van der Waals surface area contributed by atoms with Gasteiger partial charge in [-0.3, -0.25) is 14.3 Å². The molecule has 2 aromatic carbocycles. The highest BCUT2D eigenvalue weighted by molar-refractivity contribution is 5.96. The van der Waals surface area contributed by atoms with E-state index in [9.17, 15) is 9.59 Å². The van der Waals surface area contributed by atoms with E-state index >= 15 is 0 Å². The maximum Gasteiger partial charge on any atom is 0.229 e. The van der Waals surface area contributed by atoms with Crippen LogP contribution >= 0.6 is 0 Å². The molecule has 0 fully saturated rings. The molecule has 0 saturated carbocycles. The van der Waals surface area contributed by atoms with Gasteiger partial charge in [-0.1, -0.05) is 30.3 Å². The summed E-state index contributed by atoms with van der Waals surface area (Å²) in [5, 5.41) is 4.83. The fourth-order valence-corrected chi connectivity index (χ4v) is 3.61. The highest BCUT2D eigenvalue weighted by atomic mass is 16.2. The van der Waals surface area contributed by atoms with Crippen molar-refractivity contribution in [2.24, 2.45) is 0 Å². The maximum absolute atomic E-state index is 12.8. The predicted molar refractivity (Wildman–Crippen MR) is 97.7 cm³/mol. The molecule has 0 aliphatic carbocycles. The zero-order valence-electron chi connectivity index (χ0n) is 14.1. The Kier molecular flexibility index (Phi) is 3.84. The summed E-state index contributed by atoms with van der Waals surface area (Å²) >= 11 is 0. The third kappa shape index (κ3) is 2.71. The summed E-state index contributed by atoms with van der Waals surface area (Å²) in [6.07, 6.45) is 2.56. The van der Waals surface area contributed by atoms with Gasteiger partial charge in [0.2, 0.25) is 11.3 Å². The monoisotopic (exact) mass is 333 g/mol. The van der Waals surface area contributed by atoms with E-state index in [4.69, 9.17) is 0 Å². The Morgan fingerprint density at radius 2 is 1.92 bits per heavy atom. The minimum Gasteiger partial charge on any atom is -0.309 e. The number of rotatable bonds is 3. The summed E-state index contributed by atoms with van der Waals surface area (Å²) in [6, 6.07) is 15.6. The van der Waals surface area contributed by atoms with Gasteiger partial charge in [0.15, 0.2) is 0 Å². The number of anilines is 1. The molecular weight excluding hydrogens is 314 g/mol. The zero-order chi connectivity index (χ0) is 17.4. The van der Waals surface area contributed by atoms with E-state index in [2.05, 4.69) is 18.1 Å². The predicted octanol–water partition coefficient (Wildman–Crippen LogP) is 2.76. The Balaban J connectivity index is 1.57. The molecule has 1 amide bonds. The minimum atomic E-state index is -0.0970. The van der Waals surface area contributed by atoms with Crippen LogP contribution in [0.5, 0.6) is 0 Å². The van der Waals surface area contributed by atoms with Crippen LogP contribution in [0.15, 0.2) is 59.5 Å². The number of nitrogens with zero attached hydrogens (tertiary/aromatic N) is 3. The van der Waals surface area contributed by atoms with Crippen molar-refractivity contribution < 1.29 is 4.79 Å². The SMILES string of the molecule is CC1Cc2ccccc2N1C(=O)CCn1ncc(=O)c2ccccc21. The van der Waals surface area contributed by atoms with Crippen molar-refractivity contribution in [3.63, 3.8) is 0 Å². The first-order valence-electron chi connectivity index (χ1n) is 8.50.